The summed E-state index contributed by atoms with van der Waals surface area (Å²) in [6.07, 6.45) is 3.17. The number of benzene rings is 1. The van der Waals surface area contributed by atoms with Crippen LogP contribution in [0.4, 0.5) is 0 Å². The molecule has 0 aliphatic carbocycles. The lowest BCUT2D eigenvalue weighted by Crippen LogP contribution is -1.91. The molecular formula is C13H14BrNO. The smallest absolute Gasteiger partial charge is 0.126 e. The molecule has 3 heteroatoms. The van der Waals surface area contributed by atoms with Gasteiger partial charge < -0.3 is 5.11 Å². The Morgan fingerprint density at radius 3 is 2.88 bits per heavy atom. The Bertz CT molecular complexity index is 511. The minimum absolute atomic E-state index is 0.317. The molecule has 0 spiro atoms. The van der Waals surface area contributed by atoms with Gasteiger partial charge in [-0.2, -0.15) is 0 Å². The maximum Gasteiger partial charge on any atom is 0.126 e. The Kier molecular flexibility index (Phi) is 3.44. The van der Waals surface area contributed by atoms with Gasteiger partial charge in [0.1, 0.15) is 5.75 Å². The number of pyridine rings is 1. The highest BCUT2D eigenvalue weighted by molar-refractivity contribution is 9.10. The van der Waals surface area contributed by atoms with E-state index in [1.165, 1.54) is 0 Å². The van der Waals surface area contributed by atoms with Crippen molar-refractivity contribution in [2.75, 3.05) is 0 Å². The van der Waals surface area contributed by atoms with Crippen LogP contribution in [0.15, 0.2) is 28.7 Å². The molecule has 0 amide bonds. The van der Waals surface area contributed by atoms with Crippen LogP contribution in [-0.2, 0) is 6.42 Å². The summed E-state index contributed by atoms with van der Waals surface area (Å²) in [5, 5.41) is 10.7. The molecule has 0 aliphatic rings. The molecule has 16 heavy (non-hydrogen) atoms. The first kappa shape index (κ1) is 11.4. The predicted octanol–water partition coefficient (Wildman–Crippen LogP) is 4.05. The summed E-state index contributed by atoms with van der Waals surface area (Å²) in [4.78, 5) is 4.53. The van der Waals surface area contributed by atoms with Crippen LogP contribution in [0.3, 0.4) is 0 Å². The molecular weight excluding hydrogens is 266 g/mol. The van der Waals surface area contributed by atoms with Crippen molar-refractivity contribution in [3.05, 3.63) is 34.4 Å². The molecule has 0 aliphatic heterocycles. The first-order valence-corrected chi connectivity index (χ1v) is 6.28. The van der Waals surface area contributed by atoms with Crippen LogP contribution in [0.5, 0.6) is 5.75 Å². The summed E-state index contributed by atoms with van der Waals surface area (Å²) < 4.78 is 0.957. The zero-order valence-electron chi connectivity index (χ0n) is 9.20. The highest BCUT2D eigenvalue weighted by Crippen LogP contribution is 2.27. The summed E-state index contributed by atoms with van der Waals surface area (Å²) in [6.45, 7) is 2.15. The molecule has 1 aromatic carbocycles. The van der Waals surface area contributed by atoms with Gasteiger partial charge in [-0.25, -0.2) is 0 Å². The molecule has 0 atom stereocenters. The molecule has 1 N–H and O–H groups in total. The Labute approximate surface area is 103 Å². The zero-order valence-corrected chi connectivity index (χ0v) is 10.8. The highest BCUT2D eigenvalue weighted by Gasteiger charge is 2.05. The number of aromatic nitrogens is 1. The van der Waals surface area contributed by atoms with Gasteiger partial charge in [-0.15, -0.1) is 0 Å². The van der Waals surface area contributed by atoms with E-state index in [2.05, 4.69) is 27.8 Å². The number of aromatic hydroxyl groups is 1. The van der Waals surface area contributed by atoms with Crippen LogP contribution in [0.1, 0.15) is 25.5 Å². The lowest BCUT2D eigenvalue weighted by atomic mass is 10.1. The van der Waals surface area contributed by atoms with E-state index in [1.54, 1.807) is 6.07 Å². The summed E-state index contributed by atoms with van der Waals surface area (Å²) in [7, 11) is 0. The standard InChI is InChI=1S/C13H14BrNO/c1-2-3-4-10-8-13(16)11-7-9(14)5-6-12(11)15-10/h5-8H,2-4H2,1H3,(H,15,16). The van der Waals surface area contributed by atoms with Gasteiger partial charge in [-0.3, -0.25) is 4.98 Å². The number of halogens is 1. The molecule has 1 aromatic heterocycles. The van der Waals surface area contributed by atoms with E-state index in [0.717, 1.165) is 40.3 Å². The number of rotatable bonds is 3. The first-order chi connectivity index (χ1) is 7.70. The normalized spacial score (nSPS) is 10.9. The van der Waals surface area contributed by atoms with Crippen LogP contribution in [0.2, 0.25) is 0 Å². The van der Waals surface area contributed by atoms with Crippen LogP contribution in [-0.4, -0.2) is 10.1 Å². The van der Waals surface area contributed by atoms with E-state index in [4.69, 9.17) is 0 Å². The summed E-state index contributed by atoms with van der Waals surface area (Å²) >= 11 is 3.39. The van der Waals surface area contributed by atoms with Crippen LogP contribution in [0.25, 0.3) is 10.9 Å². The van der Waals surface area contributed by atoms with E-state index >= 15 is 0 Å². The van der Waals surface area contributed by atoms with Gasteiger partial charge >= 0.3 is 0 Å². The average molecular weight is 280 g/mol. The van der Waals surface area contributed by atoms with Crippen molar-refractivity contribution in [2.45, 2.75) is 26.2 Å². The highest BCUT2D eigenvalue weighted by atomic mass is 79.9. The quantitative estimate of drug-likeness (QED) is 0.920. The fraction of sp³-hybridized carbons (Fsp3) is 0.308. The van der Waals surface area contributed by atoms with Crippen LogP contribution < -0.4 is 0 Å². The molecule has 0 unspecified atom stereocenters. The minimum Gasteiger partial charge on any atom is -0.507 e. The summed E-state index contributed by atoms with van der Waals surface area (Å²) in [5.74, 6) is 0.317. The molecule has 0 bridgehead atoms. The lowest BCUT2D eigenvalue weighted by molar-refractivity contribution is 0.480. The number of aryl methyl sites for hydroxylation is 1. The zero-order chi connectivity index (χ0) is 11.5. The predicted molar refractivity (Wildman–Crippen MR) is 69.7 cm³/mol. The monoisotopic (exact) mass is 279 g/mol. The lowest BCUT2D eigenvalue weighted by Gasteiger charge is -2.05. The maximum atomic E-state index is 9.91. The fourth-order valence-corrected chi connectivity index (χ4v) is 2.08. The Balaban J connectivity index is 2.46. The van der Waals surface area contributed by atoms with Crippen LogP contribution >= 0.6 is 15.9 Å². The van der Waals surface area contributed by atoms with Crippen molar-refractivity contribution in [3.8, 4) is 5.75 Å². The van der Waals surface area contributed by atoms with Gasteiger partial charge in [-0.1, -0.05) is 29.3 Å². The van der Waals surface area contributed by atoms with E-state index in [1.807, 2.05) is 18.2 Å². The van der Waals surface area contributed by atoms with Gasteiger partial charge in [0.05, 0.1) is 5.52 Å². The number of unbranched alkanes of at least 4 members (excludes halogenated alkanes) is 1. The molecule has 0 saturated carbocycles. The molecule has 1 heterocycles. The summed E-state index contributed by atoms with van der Waals surface area (Å²) in [5.41, 5.74) is 1.82. The summed E-state index contributed by atoms with van der Waals surface area (Å²) in [6, 6.07) is 7.53. The Hall–Kier alpha value is -1.09. The van der Waals surface area contributed by atoms with Gasteiger partial charge in [0.25, 0.3) is 0 Å². The third-order valence-electron chi connectivity index (χ3n) is 2.59. The SMILES string of the molecule is CCCCc1cc(O)c2cc(Br)ccc2n1. The number of nitrogens with zero attached hydrogens (tertiary/aromatic N) is 1. The molecule has 2 aromatic rings. The van der Waals surface area contributed by atoms with Gasteiger partial charge in [0.2, 0.25) is 0 Å². The van der Waals surface area contributed by atoms with Crippen molar-refractivity contribution in [1.82, 2.24) is 4.98 Å². The molecule has 2 rings (SSSR count). The molecule has 0 fully saturated rings. The van der Waals surface area contributed by atoms with Crippen molar-refractivity contribution >= 4 is 26.8 Å². The van der Waals surface area contributed by atoms with E-state index in [0.29, 0.717) is 5.75 Å². The average Bonchev–Trinajstić information content (AvgIpc) is 2.27. The van der Waals surface area contributed by atoms with E-state index in [-0.39, 0.29) is 0 Å². The Morgan fingerprint density at radius 2 is 2.12 bits per heavy atom. The van der Waals surface area contributed by atoms with Crippen molar-refractivity contribution in [2.24, 2.45) is 0 Å². The van der Waals surface area contributed by atoms with Gasteiger partial charge in [-0.05, 0) is 31.0 Å². The number of hydrogen-bond donors (Lipinski definition) is 1. The van der Waals surface area contributed by atoms with Crippen molar-refractivity contribution in [3.63, 3.8) is 0 Å². The topological polar surface area (TPSA) is 33.1 Å². The third-order valence-corrected chi connectivity index (χ3v) is 3.08. The van der Waals surface area contributed by atoms with E-state index in [9.17, 15) is 5.11 Å². The number of fused-ring (bicyclic) bond motifs is 1. The number of hydrogen-bond acceptors (Lipinski definition) is 2. The van der Waals surface area contributed by atoms with Gasteiger partial charge in [0, 0.05) is 21.6 Å². The molecule has 0 radical (unpaired) electrons. The fourth-order valence-electron chi connectivity index (χ4n) is 1.72. The maximum absolute atomic E-state index is 9.91. The Morgan fingerprint density at radius 1 is 1.31 bits per heavy atom. The largest absolute Gasteiger partial charge is 0.507 e. The van der Waals surface area contributed by atoms with Crippen molar-refractivity contribution in [1.29, 1.82) is 0 Å². The molecule has 0 saturated heterocycles. The van der Waals surface area contributed by atoms with Crippen LogP contribution in [0, 0.1) is 0 Å². The third kappa shape index (κ3) is 2.35. The second-order valence-corrected chi connectivity index (χ2v) is 4.81. The molecule has 84 valence electrons. The second-order valence-electron chi connectivity index (χ2n) is 3.90. The first-order valence-electron chi connectivity index (χ1n) is 5.49. The van der Waals surface area contributed by atoms with E-state index < -0.39 is 0 Å². The second kappa shape index (κ2) is 4.83. The molecule has 2 nitrogen and oxygen atoms in total. The minimum atomic E-state index is 0.317. The van der Waals surface area contributed by atoms with Crippen molar-refractivity contribution < 1.29 is 5.11 Å². The van der Waals surface area contributed by atoms with Gasteiger partial charge in [0.15, 0.2) is 0 Å².